The highest BCUT2D eigenvalue weighted by Gasteiger charge is 2.36. The van der Waals surface area contributed by atoms with Crippen molar-refractivity contribution >= 4 is 40.6 Å². The van der Waals surface area contributed by atoms with E-state index in [-0.39, 0.29) is 6.04 Å². The van der Waals surface area contributed by atoms with E-state index < -0.39 is 12.7 Å². The van der Waals surface area contributed by atoms with Crippen LogP contribution in [0.1, 0.15) is 44.2 Å². The van der Waals surface area contributed by atoms with Crippen LogP contribution in [0, 0.1) is 11.8 Å². The fourth-order valence-electron chi connectivity index (χ4n) is 5.69. The van der Waals surface area contributed by atoms with E-state index in [0.29, 0.717) is 40.7 Å². The number of likely N-dealkylation sites (tertiary alicyclic amines) is 1. The molecule has 2 atom stereocenters. The van der Waals surface area contributed by atoms with E-state index in [1.165, 1.54) is 6.33 Å². The Morgan fingerprint density at radius 3 is 2.59 bits per heavy atom. The molecule has 3 aromatic rings. The first kappa shape index (κ1) is 26.3. The highest BCUT2D eigenvalue weighted by molar-refractivity contribution is 6.35. The Kier molecular flexibility index (Phi) is 7.70. The maximum absolute atomic E-state index is 12.9. The Hall–Kier alpha value is -2.30. The summed E-state index contributed by atoms with van der Waals surface area (Å²) >= 11 is 12.5. The molecule has 37 heavy (non-hydrogen) atoms. The quantitative estimate of drug-likeness (QED) is 0.396. The standard InChI is InChI=1S/C25H30Cl2F3N7/c1-16(20-5-4-19(26)11-21(20)27)33-23-12-22(34-24-31-15-32-37(23)24)36-9-6-17(7-10-36)18-3-2-8-35(13-18)14-25(28,29)30/h4-5,11-12,15-18,33H,2-3,6-10,13-14H2,1H3/t16-,18+/m1/s1. The molecule has 7 nitrogen and oxygen atoms in total. The molecule has 200 valence electrons. The van der Waals surface area contributed by atoms with Crippen molar-refractivity contribution < 1.29 is 13.2 Å². The molecular formula is C25H30Cl2F3N7. The third kappa shape index (κ3) is 6.23. The fourth-order valence-corrected chi connectivity index (χ4v) is 6.26. The summed E-state index contributed by atoms with van der Waals surface area (Å²) in [5.74, 6) is 2.78. The Balaban J connectivity index is 1.27. The number of piperidine rings is 2. The minimum atomic E-state index is -4.14. The number of anilines is 2. The molecule has 1 aromatic carbocycles. The second-order valence-corrected chi connectivity index (χ2v) is 10.9. The predicted octanol–water partition coefficient (Wildman–Crippen LogP) is 6.09. The molecule has 0 unspecified atom stereocenters. The molecule has 0 radical (unpaired) electrons. The molecule has 4 heterocycles. The first-order valence-electron chi connectivity index (χ1n) is 12.6. The lowest BCUT2D eigenvalue weighted by atomic mass is 9.79. The Morgan fingerprint density at radius 2 is 1.86 bits per heavy atom. The van der Waals surface area contributed by atoms with Crippen LogP contribution in [0.25, 0.3) is 5.78 Å². The molecular weight excluding hydrogens is 526 g/mol. The second kappa shape index (κ2) is 10.8. The maximum atomic E-state index is 12.9. The lowest BCUT2D eigenvalue weighted by Gasteiger charge is -2.41. The number of rotatable bonds is 6. The van der Waals surface area contributed by atoms with Crippen LogP contribution >= 0.6 is 23.2 Å². The normalized spacial score (nSPS) is 20.9. The first-order valence-corrected chi connectivity index (χ1v) is 13.4. The fraction of sp³-hybridized carbons (Fsp3) is 0.560. The van der Waals surface area contributed by atoms with Crippen molar-refractivity contribution in [3.8, 4) is 0 Å². The number of fused-ring (bicyclic) bond motifs is 1. The van der Waals surface area contributed by atoms with Crippen LogP contribution in [0.15, 0.2) is 30.6 Å². The highest BCUT2D eigenvalue weighted by Crippen LogP contribution is 2.35. The smallest absolute Gasteiger partial charge is 0.363 e. The molecule has 2 aliphatic heterocycles. The monoisotopic (exact) mass is 555 g/mol. The van der Waals surface area contributed by atoms with Gasteiger partial charge in [0.2, 0.25) is 0 Å². The van der Waals surface area contributed by atoms with Crippen molar-refractivity contribution in [2.45, 2.75) is 44.8 Å². The number of alkyl halides is 3. The molecule has 0 spiro atoms. The lowest BCUT2D eigenvalue weighted by molar-refractivity contribution is -0.150. The van der Waals surface area contributed by atoms with Crippen molar-refractivity contribution in [1.29, 1.82) is 0 Å². The predicted molar refractivity (Wildman–Crippen MR) is 139 cm³/mol. The minimum absolute atomic E-state index is 0.121. The molecule has 0 saturated carbocycles. The molecule has 0 amide bonds. The summed E-state index contributed by atoms with van der Waals surface area (Å²) in [5.41, 5.74) is 0.908. The van der Waals surface area contributed by atoms with Gasteiger partial charge < -0.3 is 10.2 Å². The van der Waals surface area contributed by atoms with E-state index in [1.807, 2.05) is 25.1 Å². The van der Waals surface area contributed by atoms with E-state index in [2.05, 4.69) is 20.3 Å². The van der Waals surface area contributed by atoms with E-state index in [1.54, 1.807) is 15.5 Å². The van der Waals surface area contributed by atoms with Crippen LogP contribution in [0.2, 0.25) is 10.0 Å². The Bertz CT molecular complexity index is 1230. The summed E-state index contributed by atoms with van der Waals surface area (Å²) in [6.07, 6.45) is 1.03. The van der Waals surface area contributed by atoms with Gasteiger partial charge in [0.1, 0.15) is 18.0 Å². The lowest BCUT2D eigenvalue weighted by Crippen LogP contribution is -2.45. The van der Waals surface area contributed by atoms with Crippen molar-refractivity contribution in [3.05, 3.63) is 46.2 Å². The summed E-state index contributed by atoms with van der Waals surface area (Å²) in [4.78, 5) is 12.8. The largest absolute Gasteiger partial charge is 0.401 e. The van der Waals surface area contributed by atoms with Crippen molar-refractivity contribution in [2.24, 2.45) is 11.8 Å². The van der Waals surface area contributed by atoms with Gasteiger partial charge in [-0.3, -0.25) is 4.90 Å². The average molecular weight is 556 g/mol. The van der Waals surface area contributed by atoms with Gasteiger partial charge in [-0.1, -0.05) is 29.3 Å². The van der Waals surface area contributed by atoms with E-state index in [0.717, 1.165) is 56.0 Å². The molecule has 5 rings (SSSR count). The number of hydrogen-bond acceptors (Lipinski definition) is 6. The molecule has 2 saturated heterocycles. The van der Waals surface area contributed by atoms with Crippen LogP contribution in [-0.2, 0) is 0 Å². The number of aromatic nitrogens is 4. The molecule has 12 heteroatoms. The van der Waals surface area contributed by atoms with Gasteiger partial charge >= 0.3 is 6.18 Å². The van der Waals surface area contributed by atoms with E-state index in [9.17, 15) is 13.2 Å². The van der Waals surface area contributed by atoms with Crippen LogP contribution in [0.4, 0.5) is 24.8 Å². The zero-order valence-corrected chi connectivity index (χ0v) is 22.1. The van der Waals surface area contributed by atoms with Gasteiger partial charge in [-0.2, -0.15) is 32.8 Å². The molecule has 0 bridgehead atoms. The van der Waals surface area contributed by atoms with Gasteiger partial charge in [0, 0.05) is 35.7 Å². The molecule has 0 aliphatic carbocycles. The number of nitrogens with one attached hydrogen (secondary N) is 1. The molecule has 1 N–H and O–H groups in total. The number of nitrogens with zero attached hydrogens (tertiary/aromatic N) is 6. The molecule has 2 aliphatic rings. The number of halogens is 5. The van der Waals surface area contributed by atoms with Crippen LogP contribution < -0.4 is 10.2 Å². The summed E-state index contributed by atoms with van der Waals surface area (Å²) in [6.45, 7) is 3.88. The first-order chi connectivity index (χ1) is 17.7. The molecule has 2 aromatic heterocycles. The second-order valence-electron chi connectivity index (χ2n) is 10.1. The van der Waals surface area contributed by atoms with Gasteiger partial charge in [-0.15, -0.1) is 0 Å². The maximum Gasteiger partial charge on any atom is 0.401 e. The van der Waals surface area contributed by atoms with E-state index >= 15 is 0 Å². The van der Waals surface area contributed by atoms with Crippen LogP contribution in [0.3, 0.4) is 0 Å². The summed E-state index contributed by atoms with van der Waals surface area (Å²) < 4.78 is 40.3. The topological polar surface area (TPSA) is 61.6 Å². The van der Waals surface area contributed by atoms with Crippen LogP contribution in [0.5, 0.6) is 0 Å². The van der Waals surface area contributed by atoms with Gasteiger partial charge in [0.25, 0.3) is 5.78 Å². The van der Waals surface area contributed by atoms with Gasteiger partial charge in [0.15, 0.2) is 0 Å². The van der Waals surface area contributed by atoms with Gasteiger partial charge in [-0.25, -0.2) is 0 Å². The Morgan fingerprint density at radius 1 is 1.08 bits per heavy atom. The zero-order valence-electron chi connectivity index (χ0n) is 20.6. The third-order valence-electron chi connectivity index (χ3n) is 7.51. The minimum Gasteiger partial charge on any atom is -0.363 e. The summed E-state index contributed by atoms with van der Waals surface area (Å²) in [6, 6.07) is 7.27. The third-order valence-corrected chi connectivity index (χ3v) is 8.07. The van der Waals surface area contributed by atoms with Gasteiger partial charge in [-0.05, 0) is 68.7 Å². The number of hydrogen-bond donors (Lipinski definition) is 1. The van der Waals surface area contributed by atoms with Crippen molar-refractivity contribution in [2.75, 3.05) is 42.9 Å². The molecule has 2 fully saturated rings. The average Bonchev–Trinajstić information content (AvgIpc) is 3.32. The summed E-state index contributed by atoms with van der Waals surface area (Å²) in [7, 11) is 0. The van der Waals surface area contributed by atoms with Crippen LogP contribution in [-0.4, -0.2) is 63.4 Å². The number of benzene rings is 1. The SMILES string of the molecule is C[C@@H](Nc1cc(N2CCC([C@H]3CCCN(CC(F)(F)F)C3)CC2)nc2ncnn12)c1ccc(Cl)cc1Cl. The van der Waals surface area contributed by atoms with E-state index in [4.69, 9.17) is 28.2 Å². The Labute approximate surface area is 224 Å². The highest BCUT2D eigenvalue weighted by atomic mass is 35.5. The zero-order chi connectivity index (χ0) is 26.2. The van der Waals surface area contributed by atoms with Gasteiger partial charge in [0.05, 0.1) is 12.6 Å². The summed E-state index contributed by atoms with van der Waals surface area (Å²) in [5, 5.41) is 8.95. The van der Waals surface area contributed by atoms with Crippen molar-refractivity contribution in [1.82, 2.24) is 24.5 Å². The van der Waals surface area contributed by atoms with Crippen molar-refractivity contribution in [3.63, 3.8) is 0 Å².